The maximum Gasteiger partial charge on any atom is 0.411 e. The molecule has 2 bridgehead atoms. The number of pyridine rings is 1. The van der Waals surface area contributed by atoms with Crippen LogP contribution in [0.5, 0.6) is 0 Å². The van der Waals surface area contributed by atoms with Crippen molar-refractivity contribution in [1.82, 2.24) is 10.3 Å². The first-order chi connectivity index (χ1) is 16.5. The number of ether oxygens (including phenoxy) is 2. The fourth-order valence-electron chi connectivity index (χ4n) is 3.47. The van der Waals surface area contributed by atoms with E-state index < -0.39 is 35.7 Å². The summed E-state index contributed by atoms with van der Waals surface area (Å²) in [5.74, 6) is -1.55. The van der Waals surface area contributed by atoms with Crippen molar-refractivity contribution in [3.63, 3.8) is 0 Å². The number of benzene rings is 1. The van der Waals surface area contributed by atoms with Crippen LogP contribution >= 0.6 is 0 Å². The zero-order valence-corrected chi connectivity index (χ0v) is 20.3. The van der Waals surface area contributed by atoms with Gasteiger partial charge in [-0.15, -0.1) is 0 Å². The van der Waals surface area contributed by atoms with E-state index in [1.54, 1.807) is 64.1 Å². The highest BCUT2D eigenvalue weighted by Crippen LogP contribution is 2.34. The lowest BCUT2D eigenvalue weighted by atomic mass is 9.97. The Bertz CT molecular complexity index is 1160. The number of rotatable bonds is 2. The van der Waals surface area contributed by atoms with Crippen molar-refractivity contribution < 1.29 is 28.2 Å². The number of fused-ring (bicyclic) bond motifs is 4. The maximum absolute atomic E-state index is 14.9. The number of carbonyl (C=O) groups is 3. The smallest absolute Gasteiger partial charge is 0.411 e. The number of aromatic nitrogens is 1. The molecule has 1 unspecified atom stereocenters. The zero-order valence-electron chi connectivity index (χ0n) is 20.3. The van der Waals surface area contributed by atoms with Crippen LogP contribution in [0.3, 0.4) is 0 Å². The van der Waals surface area contributed by atoms with E-state index in [0.29, 0.717) is 22.5 Å². The van der Waals surface area contributed by atoms with Gasteiger partial charge in [0.1, 0.15) is 5.60 Å². The standard InChI is InChI=1S/C25H29FN4O5/c1-14-7-6-8-19(30-24(33)35-25(2,3)4)18-11-15(13-27-21(18)26)17-10-9-16(28-23(32)34-5)12-20(17)29-22(14)31/h6-7,9-14,19H,8H2,1-5H3,(H,28,32)(H,29,31)(H,30,33)/b7-6-/t14?,19-/m0/s1. The Morgan fingerprint density at radius 1 is 1.20 bits per heavy atom. The Hall–Kier alpha value is -3.95. The first-order valence-electron chi connectivity index (χ1n) is 11.1. The average Bonchev–Trinajstić information content (AvgIpc) is 2.77. The third-order valence-electron chi connectivity index (χ3n) is 5.16. The van der Waals surface area contributed by atoms with Crippen LogP contribution in [-0.4, -0.2) is 35.8 Å². The number of nitrogens with one attached hydrogen (secondary N) is 3. The van der Waals surface area contributed by atoms with E-state index in [4.69, 9.17) is 4.74 Å². The molecule has 3 N–H and O–H groups in total. The fraction of sp³-hybridized carbons (Fsp3) is 0.360. The van der Waals surface area contributed by atoms with Gasteiger partial charge in [-0.2, -0.15) is 4.39 Å². The molecule has 0 fully saturated rings. The Labute approximate surface area is 203 Å². The lowest BCUT2D eigenvalue weighted by Crippen LogP contribution is -2.35. The first kappa shape index (κ1) is 25.7. The molecule has 2 atom stereocenters. The summed E-state index contributed by atoms with van der Waals surface area (Å²) in [5, 5.41) is 8.12. The minimum Gasteiger partial charge on any atom is -0.453 e. The maximum atomic E-state index is 14.9. The minimum absolute atomic E-state index is 0.167. The number of alkyl carbamates (subject to hydrolysis) is 1. The zero-order chi connectivity index (χ0) is 25.8. The predicted octanol–water partition coefficient (Wildman–Crippen LogP) is 5.17. The van der Waals surface area contributed by atoms with Gasteiger partial charge in [0.2, 0.25) is 11.9 Å². The number of methoxy groups -OCH3 is 1. The number of halogens is 1. The van der Waals surface area contributed by atoms with Gasteiger partial charge in [-0.25, -0.2) is 14.6 Å². The molecule has 3 rings (SSSR count). The summed E-state index contributed by atoms with van der Waals surface area (Å²) >= 11 is 0. The predicted molar refractivity (Wildman–Crippen MR) is 129 cm³/mol. The Morgan fingerprint density at radius 3 is 2.63 bits per heavy atom. The molecule has 0 aliphatic carbocycles. The van der Waals surface area contributed by atoms with Crippen LogP contribution in [0.15, 0.2) is 42.6 Å². The molecular formula is C25H29FN4O5. The number of carbonyl (C=O) groups excluding carboxylic acids is 3. The molecule has 1 aromatic heterocycles. The van der Waals surface area contributed by atoms with Gasteiger partial charge in [-0.05, 0) is 45.4 Å². The average molecular weight is 485 g/mol. The van der Waals surface area contributed by atoms with Crippen LogP contribution in [-0.2, 0) is 14.3 Å². The lowest BCUT2D eigenvalue weighted by molar-refractivity contribution is -0.118. The second-order valence-electron chi connectivity index (χ2n) is 9.12. The molecule has 2 heterocycles. The lowest BCUT2D eigenvalue weighted by Gasteiger charge is -2.24. The summed E-state index contributed by atoms with van der Waals surface area (Å²) in [6, 6.07) is 5.65. The van der Waals surface area contributed by atoms with E-state index in [9.17, 15) is 18.8 Å². The van der Waals surface area contributed by atoms with E-state index in [1.165, 1.54) is 13.3 Å². The first-order valence-corrected chi connectivity index (χ1v) is 11.1. The van der Waals surface area contributed by atoms with Crippen LogP contribution in [0.25, 0.3) is 11.1 Å². The van der Waals surface area contributed by atoms with E-state index in [-0.39, 0.29) is 17.9 Å². The Morgan fingerprint density at radius 2 is 1.94 bits per heavy atom. The van der Waals surface area contributed by atoms with Crippen LogP contribution < -0.4 is 16.0 Å². The van der Waals surface area contributed by atoms with Gasteiger partial charge in [0, 0.05) is 28.6 Å². The number of hydrogen-bond donors (Lipinski definition) is 3. The van der Waals surface area contributed by atoms with Gasteiger partial charge in [-0.3, -0.25) is 10.1 Å². The molecule has 0 saturated heterocycles. The topological polar surface area (TPSA) is 119 Å². The van der Waals surface area contributed by atoms with Crippen molar-refractivity contribution in [2.75, 3.05) is 17.7 Å². The fourth-order valence-corrected chi connectivity index (χ4v) is 3.47. The van der Waals surface area contributed by atoms with Gasteiger partial charge in [0.25, 0.3) is 0 Å². The van der Waals surface area contributed by atoms with Gasteiger partial charge in [0.05, 0.1) is 24.8 Å². The summed E-state index contributed by atoms with van der Waals surface area (Å²) in [6.07, 6.45) is 3.57. The SMILES string of the molecule is COC(=O)Nc1ccc2c(c1)NC(=O)C(C)/C=C\C[C@H](NC(=O)OC(C)(C)C)c1cc-2cnc1F. The molecule has 3 amide bonds. The molecular weight excluding hydrogens is 455 g/mol. The normalized spacial score (nSPS) is 18.6. The summed E-state index contributed by atoms with van der Waals surface area (Å²) in [5.41, 5.74) is 1.28. The van der Waals surface area contributed by atoms with Crippen molar-refractivity contribution in [3.8, 4) is 11.1 Å². The van der Waals surface area contributed by atoms with Crippen LogP contribution in [0.1, 0.15) is 45.7 Å². The molecule has 0 spiro atoms. The minimum atomic E-state index is -0.785. The van der Waals surface area contributed by atoms with E-state index in [1.807, 2.05) is 0 Å². The highest BCUT2D eigenvalue weighted by Gasteiger charge is 2.24. The molecule has 1 aromatic carbocycles. The molecule has 2 aromatic rings. The molecule has 9 nitrogen and oxygen atoms in total. The Kier molecular flexibility index (Phi) is 7.73. The molecule has 35 heavy (non-hydrogen) atoms. The molecule has 186 valence electrons. The second-order valence-corrected chi connectivity index (χ2v) is 9.12. The summed E-state index contributed by atoms with van der Waals surface area (Å²) < 4.78 is 24.8. The van der Waals surface area contributed by atoms with E-state index >= 15 is 0 Å². The summed E-state index contributed by atoms with van der Waals surface area (Å²) in [6.45, 7) is 6.91. The monoisotopic (exact) mass is 484 g/mol. The van der Waals surface area contributed by atoms with E-state index in [2.05, 4.69) is 25.7 Å². The summed E-state index contributed by atoms with van der Waals surface area (Å²) in [4.78, 5) is 40.8. The number of amides is 3. The summed E-state index contributed by atoms with van der Waals surface area (Å²) in [7, 11) is 1.24. The van der Waals surface area contributed by atoms with Gasteiger partial charge < -0.3 is 20.1 Å². The molecule has 1 aliphatic heterocycles. The number of anilines is 2. The van der Waals surface area contributed by atoms with Gasteiger partial charge >= 0.3 is 12.2 Å². The van der Waals surface area contributed by atoms with Crippen molar-refractivity contribution in [3.05, 3.63) is 54.1 Å². The van der Waals surface area contributed by atoms with Gasteiger partial charge in [0.15, 0.2) is 0 Å². The van der Waals surface area contributed by atoms with Crippen LogP contribution in [0.4, 0.5) is 25.4 Å². The Balaban J connectivity index is 2.09. The largest absolute Gasteiger partial charge is 0.453 e. The van der Waals surface area contributed by atoms with E-state index in [0.717, 1.165) is 0 Å². The van der Waals surface area contributed by atoms with Crippen molar-refractivity contribution in [1.29, 1.82) is 0 Å². The quantitative estimate of drug-likeness (QED) is 0.400. The van der Waals surface area contributed by atoms with Gasteiger partial charge in [-0.1, -0.05) is 25.1 Å². The molecule has 0 radical (unpaired) electrons. The van der Waals surface area contributed by atoms with Crippen molar-refractivity contribution >= 4 is 29.5 Å². The number of nitrogens with zero attached hydrogens (tertiary/aromatic N) is 1. The molecule has 1 aliphatic rings. The third kappa shape index (κ3) is 6.78. The van der Waals surface area contributed by atoms with Crippen molar-refractivity contribution in [2.45, 2.75) is 45.8 Å². The van der Waals surface area contributed by atoms with Crippen LogP contribution in [0, 0.1) is 11.9 Å². The molecule has 10 heteroatoms. The highest BCUT2D eigenvalue weighted by atomic mass is 19.1. The second kappa shape index (κ2) is 10.5. The third-order valence-corrected chi connectivity index (χ3v) is 5.16. The van der Waals surface area contributed by atoms with Crippen molar-refractivity contribution in [2.24, 2.45) is 5.92 Å². The number of hydrogen-bond acceptors (Lipinski definition) is 6. The molecule has 0 saturated carbocycles. The highest BCUT2D eigenvalue weighted by molar-refractivity contribution is 5.99. The van der Waals surface area contributed by atoms with Crippen LogP contribution in [0.2, 0.25) is 0 Å².